The van der Waals surface area contributed by atoms with E-state index in [4.69, 9.17) is 0 Å². The van der Waals surface area contributed by atoms with E-state index in [1.165, 1.54) is 6.92 Å². The van der Waals surface area contributed by atoms with Crippen LogP contribution in [0.1, 0.15) is 67.7 Å². The molecule has 0 aliphatic rings. The van der Waals surface area contributed by atoms with Crippen LogP contribution >= 0.6 is 0 Å². The molecule has 4 nitrogen and oxygen atoms in total. The van der Waals surface area contributed by atoms with E-state index in [2.05, 4.69) is 5.32 Å². The Morgan fingerprint density at radius 3 is 1.68 bits per heavy atom. The quantitative estimate of drug-likeness (QED) is 0.818. The average molecular weight is 291 g/mol. The normalized spacial score (nSPS) is 15.1. The molecule has 5 heteroatoms. The molecule has 0 fully saturated rings. The second-order valence-corrected chi connectivity index (χ2v) is 8.83. The summed E-state index contributed by atoms with van der Waals surface area (Å²) in [5, 5.41) is 1.74. The molecule has 0 aromatic carbocycles. The van der Waals surface area contributed by atoms with Crippen molar-refractivity contribution in [2.75, 3.05) is 0 Å². The highest BCUT2D eigenvalue weighted by Gasteiger charge is 2.45. The lowest BCUT2D eigenvalue weighted by Gasteiger charge is -2.33. The maximum absolute atomic E-state index is 12.7. The molecule has 0 aromatic rings. The second-order valence-electron chi connectivity index (χ2n) is 6.17. The van der Waals surface area contributed by atoms with Crippen LogP contribution in [0, 0.1) is 0 Å². The van der Waals surface area contributed by atoms with Crippen molar-refractivity contribution >= 4 is 15.7 Å². The van der Waals surface area contributed by atoms with Gasteiger partial charge in [0, 0.05) is 5.54 Å². The minimum Gasteiger partial charge on any atom is -0.350 e. The Bertz CT molecular complexity index is 395. The zero-order valence-corrected chi connectivity index (χ0v) is 14.1. The molecule has 0 rings (SSSR count). The summed E-state index contributed by atoms with van der Waals surface area (Å²) in [6.07, 6.45) is 1.61. The predicted octanol–water partition coefficient (Wildman–Crippen LogP) is 2.67. The first-order valence-electron chi connectivity index (χ1n) is 7.03. The molecular weight excluding hydrogens is 262 g/mol. The van der Waals surface area contributed by atoms with Crippen LogP contribution in [0.4, 0.5) is 0 Å². The Hall–Kier alpha value is -0.580. The third kappa shape index (κ3) is 3.94. The lowest BCUT2D eigenvalue weighted by atomic mass is 9.99. The van der Waals surface area contributed by atoms with Crippen molar-refractivity contribution in [2.45, 2.75) is 83.3 Å². The van der Waals surface area contributed by atoms with Gasteiger partial charge in [-0.2, -0.15) is 0 Å². The number of hydrogen-bond donors (Lipinski definition) is 1. The fourth-order valence-corrected chi connectivity index (χ4v) is 4.64. The topological polar surface area (TPSA) is 63.2 Å². The molecule has 0 bridgehead atoms. The first-order chi connectivity index (χ1) is 8.47. The number of amides is 1. The molecular formula is C14H29NO3S. The Balaban J connectivity index is 5.37. The van der Waals surface area contributed by atoms with Gasteiger partial charge >= 0.3 is 0 Å². The number of carbonyl (C=O) groups is 1. The van der Waals surface area contributed by atoms with Gasteiger partial charge in [-0.15, -0.1) is 0 Å². The molecule has 0 spiro atoms. The highest BCUT2D eigenvalue weighted by Crippen LogP contribution is 2.33. The molecule has 0 aromatic heterocycles. The molecule has 19 heavy (non-hydrogen) atoms. The molecule has 0 aliphatic heterocycles. The van der Waals surface area contributed by atoms with Crippen LogP contribution in [0.3, 0.4) is 0 Å². The van der Waals surface area contributed by atoms with Crippen LogP contribution in [0.2, 0.25) is 0 Å². The van der Waals surface area contributed by atoms with E-state index in [1.54, 1.807) is 0 Å². The van der Waals surface area contributed by atoms with Gasteiger partial charge in [0.05, 0.1) is 4.75 Å². The van der Waals surface area contributed by atoms with Gasteiger partial charge in [-0.25, -0.2) is 8.42 Å². The lowest BCUT2D eigenvalue weighted by molar-refractivity contribution is -0.121. The number of carbonyl (C=O) groups excluding carboxylic acids is 1. The maximum Gasteiger partial charge on any atom is 0.238 e. The summed E-state index contributed by atoms with van der Waals surface area (Å²) < 4.78 is 24.6. The van der Waals surface area contributed by atoms with Crippen molar-refractivity contribution < 1.29 is 13.2 Å². The van der Waals surface area contributed by atoms with Gasteiger partial charge in [0.25, 0.3) is 0 Å². The molecule has 0 saturated heterocycles. The van der Waals surface area contributed by atoms with Gasteiger partial charge in [0.15, 0.2) is 9.84 Å². The molecule has 0 saturated carbocycles. The van der Waals surface area contributed by atoms with Crippen molar-refractivity contribution in [1.29, 1.82) is 0 Å². The summed E-state index contributed by atoms with van der Waals surface area (Å²) in [4.78, 5) is 12.1. The van der Waals surface area contributed by atoms with Crippen LogP contribution in [0.15, 0.2) is 0 Å². The zero-order valence-electron chi connectivity index (χ0n) is 13.3. The van der Waals surface area contributed by atoms with E-state index in [0.717, 1.165) is 0 Å². The Kier molecular flexibility index (Phi) is 6.06. The van der Waals surface area contributed by atoms with Gasteiger partial charge in [-0.1, -0.05) is 20.8 Å². The number of rotatable bonds is 6. The van der Waals surface area contributed by atoms with Gasteiger partial charge in [0.2, 0.25) is 5.91 Å². The molecule has 0 radical (unpaired) electrons. The Morgan fingerprint density at radius 1 is 1.05 bits per heavy atom. The second kappa shape index (κ2) is 6.25. The molecule has 0 heterocycles. The highest BCUT2D eigenvalue weighted by molar-refractivity contribution is 7.94. The van der Waals surface area contributed by atoms with Crippen LogP contribution in [-0.2, 0) is 14.6 Å². The van der Waals surface area contributed by atoms with Crippen molar-refractivity contribution in [3.8, 4) is 0 Å². The first-order valence-corrected chi connectivity index (χ1v) is 8.57. The van der Waals surface area contributed by atoms with Crippen molar-refractivity contribution in [3.05, 3.63) is 0 Å². The van der Waals surface area contributed by atoms with E-state index in [1.807, 2.05) is 41.5 Å². The standard InChI is InChI=1S/C14H29NO3S/c1-8-14(9-2,10-3)19(17,18)11(4)12(16)15-13(5,6)7/h11H,8-10H2,1-7H3,(H,15,16)/t11-/m0/s1. The molecule has 114 valence electrons. The van der Waals surface area contributed by atoms with Crippen molar-refractivity contribution in [2.24, 2.45) is 0 Å². The summed E-state index contributed by atoms with van der Waals surface area (Å²) in [7, 11) is -3.50. The van der Waals surface area contributed by atoms with E-state index < -0.39 is 31.3 Å². The summed E-state index contributed by atoms with van der Waals surface area (Å²) in [5.41, 5.74) is -0.422. The van der Waals surface area contributed by atoms with Gasteiger partial charge < -0.3 is 5.32 Å². The fourth-order valence-electron chi connectivity index (χ4n) is 2.34. The van der Waals surface area contributed by atoms with Gasteiger partial charge in [-0.3, -0.25) is 4.79 Å². The number of nitrogens with one attached hydrogen (secondary N) is 1. The van der Waals surface area contributed by atoms with Gasteiger partial charge in [0.1, 0.15) is 5.25 Å². The Morgan fingerprint density at radius 2 is 1.42 bits per heavy atom. The van der Waals surface area contributed by atoms with Crippen LogP contribution in [0.25, 0.3) is 0 Å². The molecule has 1 amide bonds. The minimum absolute atomic E-state index is 0.410. The molecule has 0 unspecified atom stereocenters. The largest absolute Gasteiger partial charge is 0.350 e. The number of hydrogen-bond acceptors (Lipinski definition) is 3. The maximum atomic E-state index is 12.7. The van der Waals surface area contributed by atoms with E-state index >= 15 is 0 Å². The lowest BCUT2D eigenvalue weighted by Crippen LogP contribution is -2.52. The predicted molar refractivity (Wildman–Crippen MR) is 79.9 cm³/mol. The zero-order chi connectivity index (χ0) is 15.5. The van der Waals surface area contributed by atoms with Crippen LogP contribution < -0.4 is 5.32 Å². The fraction of sp³-hybridized carbons (Fsp3) is 0.929. The summed E-state index contributed by atoms with van der Waals surface area (Å²) in [6.45, 7) is 12.6. The van der Waals surface area contributed by atoms with Crippen LogP contribution in [0.5, 0.6) is 0 Å². The third-order valence-electron chi connectivity index (χ3n) is 3.87. The highest BCUT2D eigenvalue weighted by atomic mass is 32.2. The number of sulfone groups is 1. The smallest absolute Gasteiger partial charge is 0.238 e. The Labute approximate surface area is 118 Å². The van der Waals surface area contributed by atoms with Crippen LogP contribution in [-0.4, -0.2) is 29.9 Å². The molecule has 1 N–H and O–H groups in total. The first kappa shape index (κ1) is 18.4. The minimum atomic E-state index is -3.50. The molecule has 0 aliphatic carbocycles. The van der Waals surface area contributed by atoms with E-state index in [-0.39, 0.29) is 0 Å². The summed E-state index contributed by atoms with van der Waals surface area (Å²) in [5.74, 6) is -0.410. The monoisotopic (exact) mass is 291 g/mol. The van der Waals surface area contributed by atoms with E-state index in [0.29, 0.717) is 19.3 Å². The SMILES string of the molecule is CCC(CC)(CC)S(=O)(=O)[C@@H](C)C(=O)NC(C)(C)C. The van der Waals surface area contributed by atoms with E-state index in [9.17, 15) is 13.2 Å². The summed E-state index contributed by atoms with van der Waals surface area (Å²) >= 11 is 0. The summed E-state index contributed by atoms with van der Waals surface area (Å²) in [6, 6.07) is 0. The molecule has 1 atom stereocenters. The third-order valence-corrected chi connectivity index (χ3v) is 7.09. The van der Waals surface area contributed by atoms with Crippen molar-refractivity contribution in [1.82, 2.24) is 5.32 Å². The average Bonchev–Trinajstić information content (AvgIpc) is 2.28. The van der Waals surface area contributed by atoms with Gasteiger partial charge in [-0.05, 0) is 47.0 Å². The van der Waals surface area contributed by atoms with Crippen molar-refractivity contribution in [3.63, 3.8) is 0 Å².